The molecule has 2 aromatic carbocycles. The molecule has 1 unspecified atom stereocenters. The second kappa shape index (κ2) is 6.03. The number of halogens is 1. The fourth-order valence-electron chi connectivity index (χ4n) is 3.17. The summed E-state index contributed by atoms with van der Waals surface area (Å²) in [6.45, 7) is 0. The van der Waals surface area contributed by atoms with E-state index in [4.69, 9.17) is 22.1 Å². The Hall–Kier alpha value is -2.77. The van der Waals surface area contributed by atoms with Crippen molar-refractivity contribution in [2.75, 3.05) is 7.11 Å². The summed E-state index contributed by atoms with van der Waals surface area (Å²) in [5.41, 5.74) is 7.90. The van der Waals surface area contributed by atoms with Gasteiger partial charge in [-0.2, -0.15) is 5.26 Å². The third-order valence-electron chi connectivity index (χ3n) is 4.39. The van der Waals surface area contributed by atoms with Crippen molar-refractivity contribution in [3.63, 3.8) is 0 Å². The third kappa shape index (κ3) is 2.34. The van der Waals surface area contributed by atoms with Crippen LogP contribution >= 0.6 is 11.6 Å². The monoisotopic (exact) mass is 338 g/mol. The maximum absolute atomic E-state index is 12.2. The lowest BCUT2D eigenvalue weighted by Gasteiger charge is -2.35. The minimum absolute atomic E-state index is 0.138. The summed E-state index contributed by atoms with van der Waals surface area (Å²) in [6, 6.07) is 16.9. The summed E-state index contributed by atoms with van der Waals surface area (Å²) < 4.78 is 4.86. The molecular formula is C19H15ClN2O2. The number of nitrogens with zero attached hydrogens (tertiary/aromatic N) is 1. The zero-order valence-corrected chi connectivity index (χ0v) is 13.8. The second-order valence-electron chi connectivity index (χ2n) is 5.63. The van der Waals surface area contributed by atoms with Gasteiger partial charge in [-0.1, -0.05) is 48.0 Å². The molecule has 3 rings (SSSR count). The van der Waals surface area contributed by atoms with E-state index in [0.29, 0.717) is 27.4 Å². The average molecular weight is 339 g/mol. The van der Waals surface area contributed by atoms with Crippen LogP contribution in [0.5, 0.6) is 0 Å². The highest BCUT2D eigenvalue weighted by Gasteiger charge is 2.43. The number of benzene rings is 2. The predicted octanol–water partition coefficient (Wildman–Crippen LogP) is 3.40. The van der Waals surface area contributed by atoms with Gasteiger partial charge in [-0.05, 0) is 23.3 Å². The topological polar surface area (TPSA) is 76.1 Å². The Kier molecular flexibility index (Phi) is 4.04. The number of hydrogen-bond donors (Lipinski definition) is 1. The van der Waals surface area contributed by atoms with E-state index in [0.717, 1.165) is 5.56 Å². The van der Waals surface area contributed by atoms with E-state index in [9.17, 15) is 10.1 Å². The van der Waals surface area contributed by atoms with Crippen molar-refractivity contribution in [2.24, 2.45) is 5.73 Å². The first kappa shape index (κ1) is 16.1. The molecule has 1 aliphatic carbocycles. The lowest BCUT2D eigenvalue weighted by molar-refractivity contribution is -0.136. The van der Waals surface area contributed by atoms with Gasteiger partial charge in [0.25, 0.3) is 0 Å². The predicted molar refractivity (Wildman–Crippen MR) is 92.0 cm³/mol. The number of esters is 1. The van der Waals surface area contributed by atoms with Crippen LogP contribution in [0.15, 0.2) is 54.1 Å². The largest absolute Gasteiger partial charge is 0.466 e. The summed E-state index contributed by atoms with van der Waals surface area (Å²) in [6.07, 6.45) is 0.138. The molecule has 0 aliphatic heterocycles. The molecule has 24 heavy (non-hydrogen) atoms. The average Bonchev–Trinajstić information content (AvgIpc) is 2.62. The van der Waals surface area contributed by atoms with Gasteiger partial charge in [-0.25, -0.2) is 4.79 Å². The van der Waals surface area contributed by atoms with Gasteiger partial charge >= 0.3 is 5.97 Å². The van der Waals surface area contributed by atoms with Gasteiger partial charge in [-0.15, -0.1) is 0 Å². The molecule has 1 aliphatic rings. The van der Waals surface area contributed by atoms with Crippen molar-refractivity contribution >= 4 is 23.3 Å². The summed E-state index contributed by atoms with van der Waals surface area (Å²) in [5.74, 6) is -0.524. The van der Waals surface area contributed by atoms with E-state index >= 15 is 0 Å². The number of rotatable bonds is 2. The minimum Gasteiger partial charge on any atom is -0.466 e. The highest BCUT2D eigenvalue weighted by atomic mass is 35.5. The summed E-state index contributed by atoms with van der Waals surface area (Å²) in [7, 11) is 1.30. The number of nitrogens with two attached hydrogens (primary N) is 1. The molecular weight excluding hydrogens is 324 g/mol. The zero-order valence-electron chi connectivity index (χ0n) is 13.0. The van der Waals surface area contributed by atoms with Gasteiger partial charge in [0.2, 0.25) is 0 Å². The smallest absolute Gasteiger partial charge is 0.335 e. The van der Waals surface area contributed by atoms with Gasteiger partial charge in [0, 0.05) is 22.7 Å². The first-order chi connectivity index (χ1) is 11.5. The van der Waals surface area contributed by atoms with Crippen LogP contribution in [0.3, 0.4) is 0 Å². The second-order valence-corrected chi connectivity index (χ2v) is 6.07. The van der Waals surface area contributed by atoms with Crippen LogP contribution in [0.4, 0.5) is 0 Å². The van der Waals surface area contributed by atoms with Crippen molar-refractivity contribution < 1.29 is 9.53 Å². The SMILES string of the molecule is COC(=O)C1=C(N)c2ccc(Cl)cc2C(C#N)(c2ccccc2)C1. The quantitative estimate of drug-likeness (QED) is 0.851. The Morgan fingerprint density at radius 3 is 2.62 bits per heavy atom. The van der Waals surface area contributed by atoms with Crippen LogP contribution in [0, 0.1) is 11.3 Å². The minimum atomic E-state index is -1.05. The normalized spacial score (nSPS) is 19.4. The maximum Gasteiger partial charge on any atom is 0.335 e. The van der Waals surface area contributed by atoms with E-state index in [1.165, 1.54) is 7.11 Å². The van der Waals surface area contributed by atoms with Crippen molar-refractivity contribution in [3.05, 3.63) is 75.8 Å². The van der Waals surface area contributed by atoms with Crippen LogP contribution in [-0.4, -0.2) is 13.1 Å². The summed E-state index contributed by atoms with van der Waals surface area (Å²) in [5, 5.41) is 10.6. The fraction of sp³-hybridized carbons (Fsp3) is 0.158. The Bertz CT molecular complexity index is 884. The number of methoxy groups -OCH3 is 1. The van der Waals surface area contributed by atoms with Crippen molar-refractivity contribution in [1.82, 2.24) is 0 Å². The molecule has 2 N–H and O–H groups in total. The van der Waals surface area contributed by atoms with Crippen LogP contribution in [0.25, 0.3) is 5.70 Å². The first-order valence-corrected chi connectivity index (χ1v) is 7.75. The van der Waals surface area contributed by atoms with Gasteiger partial charge in [0.05, 0.1) is 18.8 Å². The molecule has 0 radical (unpaired) electrons. The summed E-state index contributed by atoms with van der Waals surface area (Å²) >= 11 is 6.16. The van der Waals surface area contributed by atoms with E-state index in [1.54, 1.807) is 18.2 Å². The summed E-state index contributed by atoms with van der Waals surface area (Å²) in [4.78, 5) is 12.2. The molecule has 2 aromatic rings. The number of nitriles is 1. The molecule has 0 saturated carbocycles. The van der Waals surface area contributed by atoms with Crippen LogP contribution < -0.4 is 5.73 Å². The number of carbonyl (C=O) groups excluding carboxylic acids is 1. The molecule has 0 spiro atoms. The van der Waals surface area contributed by atoms with Crippen LogP contribution in [0.1, 0.15) is 23.1 Å². The molecule has 0 saturated heterocycles. The molecule has 5 heteroatoms. The molecule has 0 aromatic heterocycles. The first-order valence-electron chi connectivity index (χ1n) is 7.37. The number of hydrogen-bond acceptors (Lipinski definition) is 4. The maximum atomic E-state index is 12.2. The number of carbonyl (C=O) groups is 1. The van der Waals surface area contributed by atoms with Crippen molar-refractivity contribution in [1.29, 1.82) is 5.26 Å². The molecule has 1 atom stereocenters. The molecule has 0 fully saturated rings. The van der Waals surface area contributed by atoms with Gasteiger partial charge in [0.1, 0.15) is 5.41 Å². The molecule has 0 amide bonds. The molecule has 0 heterocycles. The van der Waals surface area contributed by atoms with Gasteiger partial charge in [0.15, 0.2) is 0 Å². The van der Waals surface area contributed by atoms with Crippen molar-refractivity contribution in [2.45, 2.75) is 11.8 Å². The lowest BCUT2D eigenvalue weighted by Crippen LogP contribution is -2.34. The van der Waals surface area contributed by atoms with E-state index in [1.807, 2.05) is 30.3 Å². The van der Waals surface area contributed by atoms with E-state index in [-0.39, 0.29) is 6.42 Å². The Morgan fingerprint density at radius 2 is 2.00 bits per heavy atom. The standard InChI is InChI=1S/C19H15ClN2O2/c1-24-18(23)15-10-19(11-21,12-5-3-2-4-6-12)16-9-13(20)7-8-14(16)17(15)22/h2-9H,10,22H2,1H3. The Labute approximate surface area is 145 Å². The fourth-order valence-corrected chi connectivity index (χ4v) is 3.34. The van der Waals surface area contributed by atoms with Gasteiger partial charge < -0.3 is 10.5 Å². The third-order valence-corrected chi connectivity index (χ3v) is 4.62. The highest BCUT2D eigenvalue weighted by molar-refractivity contribution is 6.30. The number of fused-ring (bicyclic) bond motifs is 1. The molecule has 0 bridgehead atoms. The zero-order chi connectivity index (χ0) is 17.3. The Morgan fingerprint density at radius 1 is 1.29 bits per heavy atom. The van der Waals surface area contributed by atoms with E-state index < -0.39 is 11.4 Å². The number of ether oxygens (including phenoxy) is 1. The highest BCUT2D eigenvalue weighted by Crippen LogP contribution is 2.46. The van der Waals surface area contributed by atoms with Crippen molar-refractivity contribution in [3.8, 4) is 6.07 Å². The van der Waals surface area contributed by atoms with Gasteiger partial charge in [-0.3, -0.25) is 0 Å². The molecule has 120 valence electrons. The molecule has 4 nitrogen and oxygen atoms in total. The van der Waals surface area contributed by atoms with E-state index in [2.05, 4.69) is 6.07 Å². The van der Waals surface area contributed by atoms with Crippen LogP contribution in [0.2, 0.25) is 5.02 Å². The van der Waals surface area contributed by atoms with Crippen LogP contribution in [-0.2, 0) is 14.9 Å². The lowest BCUT2D eigenvalue weighted by atomic mass is 9.66. The Balaban J connectivity index is 2.35.